The van der Waals surface area contributed by atoms with E-state index in [0.29, 0.717) is 5.02 Å². The van der Waals surface area contributed by atoms with Gasteiger partial charge in [-0.15, -0.1) is 0 Å². The van der Waals surface area contributed by atoms with E-state index in [1.807, 2.05) is 0 Å². The van der Waals surface area contributed by atoms with Gasteiger partial charge in [0.1, 0.15) is 0 Å². The van der Waals surface area contributed by atoms with Crippen LogP contribution in [0, 0.1) is 0 Å². The first-order chi connectivity index (χ1) is 12.7. The van der Waals surface area contributed by atoms with Crippen molar-refractivity contribution in [1.82, 2.24) is 10.2 Å². The van der Waals surface area contributed by atoms with Crippen molar-refractivity contribution in [3.8, 4) is 0 Å². The molecule has 10 heteroatoms. The lowest BCUT2D eigenvalue weighted by Crippen LogP contribution is -2.38. The number of carbonyl (C=O) groups excluding carboxylic acids is 3. The monoisotopic (exact) mass is 426 g/mol. The van der Waals surface area contributed by atoms with E-state index in [0.717, 1.165) is 27.6 Å². The van der Waals surface area contributed by atoms with Gasteiger partial charge < -0.3 is 5.32 Å². The molecule has 0 radical (unpaired) electrons. The second-order valence-electron chi connectivity index (χ2n) is 5.97. The zero-order valence-corrected chi connectivity index (χ0v) is 16.3. The molecule has 3 amide bonds. The fraction of sp³-hybridized carbons (Fsp3) is 0.235. The van der Waals surface area contributed by atoms with Crippen LogP contribution < -0.4 is 5.32 Å². The standard InChI is InChI=1S/C17H15ClN2O5S2/c18-12-3-1-11(2-4-12)9-14-16(22)20(17(23)26-14)7-5-15(21)19-13-6-8-27(24,25)10-13/h1-4,6,8-9,13H,5,7,10H2,(H,19,21)/b14-9-/t13-/m1/s1. The summed E-state index contributed by atoms with van der Waals surface area (Å²) in [4.78, 5) is 37.7. The van der Waals surface area contributed by atoms with Crippen LogP contribution in [0.25, 0.3) is 6.08 Å². The van der Waals surface area contributed by atoms with Crippen LogP contribution >= 0.6 is 23.4 Å². The molecule has 1 saturated heterocycles. The van der Waals surface area contributed by atoms with Crippen LogP contribution in [0.5, 0.6) is 0 Å². The van der Waals surface area contributed by atoms with Gasteiger partial charge in [0, 0.05) is 23.4 Å². The SMILES string of the molecule is O=C(CCN1C(=O)S/C(=C\c2ccc(Cl)cc2)C1=O)N[C@@H]1C=CS(=O)(=O)C1. The Hall–Kier alpha value is -2.10. The average Bonchev–Trinajstić information content (AvgIpc) is 3.07. The normalized spacial score (nSPS) is 22.6. The topological polar surface area (TPSA) is 101 Å². The van der Waals surface area contributed by atoms with E-state index in [4.69, 9.17) is 11.6 Å². The van der Waals surface area contributed by atoms with Crippen LogP contribution in [0.1, 0.15) is 12.0 Å². The third-order valence-electron chi connectivity index (χ3n) is 3.88. The molecule has 0 aliphatic carbocycles. The number of nitrogens with one attached hydrogen (secondary N) is 1. The maximum absolute atomic E-state index is 12.4. The lowest BCUT2D eigenvalue weighted by atomic mass is 10.2. The molecule has 1 N–H and O–H groups in total. The maximum atomic E-state index is 12.4. The van der Waals surface area contributed by atoms with Gasteiger partial charge in [0.05, 0.1) is 16.7 Å². The summed E-state index contributed by atoms with van der Waals surface area (Å²) >= 11 is 6.63. The highest BCUT2D eigenvalue weighted by molar-refractivity contribution is 8.18. The van der Waals surface area contributed by atoms with Crippen molar-refractivity contribution in [3.05, 3.63) is 51.2 Å². The van der Waals surface area contributed by atoms with E-state index in [1.165, 1.54) is 6.08 Å². The molecular formula is C17H15ClN2O5S2. The summed E-state index contributed by atoms with van der Waals surface area (Å²) < 4.78 is 22.7. The fourth-order valence-electron chi connectivity index (χ4n) is 2.56. The number of hydrogen-bond donors (Lipinski definition) is 1. The Bertz CT molecular complexity index is 954. The number of rotatable bonds is 5. The van der Waals surface area contributed by atoms with Crippen molar-refractivity contribution in [3.63, 3.8) is 0 Å². The molecule has 0 saturated carbocycles. The molecule has 2 heterocycles. The number of halogens is 1. The minimum Gasteiger partial charge on any atom is -0.349 e. The van der Waals surface area contributed by atoms with Crippen LogP contribution in [-0.2, 0) is 19.4 Å². The minimum absolute atomic E-state index is 0.0718. The quantitative estimate of drug-likeness (QED) is 0.724. The van der Waals surface area contributed by atoms with Crippen molar-refractivity contribution in [2.75, 3.05) is 12.3 Å². The molecule has 142 valence electrons. The van der Waals surface area contributed by atoms with E-state index >= 15 is 0 Å². The Morgan fingerprint density at radius 2 is 2.00 bits per heavy atom. The number of amides is 3. The number of hydrogen-bond acceptors (Lipinski definition) is 6. The highest BCUT2D eigenvalue weighted by atomic mass is 35.5. The van der Waals surface area contributed by atoms with Gasteiger partial charge in [0.2, 0.25) is 5.91 Å². The molecule has 7 nitrogen and oxygen atoms in total. The summed E-state index contributed by atoms with van der Waals surface area (Å²) in [5.74, 6) is -1.07. The smallest absolute Gasteiger partial charge is 0.293 e. The number of benzene rings is 1. The molecule has 2 aliphatic rings. The molecule has 1 aromatic rings. The van der Waals surface area contributed by atoms with Crippen LogP contribution in [0.4, 0.5) is 4.79 Å². The molecule has 1 atom stereocenters. The van der Waals surface area contributed by atoms with Gasteiger partial charge in [-0.2, -0.15) is 0 Å². The average molecular weight is 427 g/mol. The summed E-state index contributed by atoms with van der Waals surface area (Å²) in [5, 5.41) is 3.74. The Labute approximate surface area is 165 Å². The Morgan fingerprint density at radius 3 is 2.63 bits per heavy atom. The lowest BCUT2D eigenvalue weighted by molar-refractivity contribution is -0.124. The van der Waals surface area contributed by atoms with Crippen LogP contribution in [0.3, 0.4) is 0 Å². The first-order valence-corrected chi connectivity index (χ1v) is 10.9. The Kier molecular flexibility index (Phi) is 5.73. The summed E-state index contributed by atoms with van der Waals surface area (Å²) in [6.45, 7) is -0.0718. The third kappa shape index (κ3) is 5.00. The first-order valence-electron chi connectivity index (χ1n) is 7.95. The number of imide groups is 1. The van der Waals surface area contributed by atoms with Crippen LogP contribution in [0.15, 0.2) is 40.7 Å². The van der Waals surface area contributed by atoms with E-state index in [9.17, 15) is 22.8 Å². The molecule has 0 bridgehead atoms. The number of carbonyl (C=O) groups is 3. The van der Waals surface area contributed by atoms with E-state index in [1.54, 1.807) is 30.3 Å². The van der Waals surface area contributed by atoms with Crippen molar-refractivity contribution in [2.24, 2.45) is 0 Å². The fourth-order valence-corrected chi connectivity index (χ4v) is 4.79. The van der Waals surface area contributed by atoms with Gasteiger partial charge in [-0.05, 0) is 41.6 Å². The van der Waals surface area contributed by atoms with Crippen molar-refractivity contribution in [2.45, 2.75) is 12.5 Å². The second kappa shape index (κ2) is 7.87. The third-order valence-corrected chi connectivity index (χ3v) is 6.44. The molecule has 1 fully saturated rings. The van der Waals surface area contributed by atoms with Crippen molar-refractivity contribution in [1.29, 1.82) is 0 Å². The summed E-state index contributed by atoms with van der Waals surface area (Å²) in [7, 11) is -3.26. The van der Waals surface area contributed by atoms with Crippen LogP contribution in [-0.4, -0.2) is 48.7 Å². The maximum Gasteiger partial charge on any atom is 0.293 e. The van der Waals surface area contributed by atoms with Gasteiger partial charge in [-0.1, -0.05) is 23.7 Å². The van der Waals surface area contributed by atoms with Crippen molar-refractivity contribution >= 4 is 56.3 Å². The zero-order chi connectivity index (χ0) is 19.6. The van der Waals surface area contributed by atoms with Crippen LogP contribution in [0.2, 0.25) is 5.02 Å². The van der Waals surface area contributed by atoms with Gasteiger partial charge in [-0.25, -0.2) is 8.42 Å². The van der Waals surface area contributed by atoms with Crippen molar-refractivity contribution < 1.29 is 22.8 Å². The van der Waals surface area contributed by atoms with Gasteiger partial charge >= 0.3 is 0 Å². The molecule has 3 rings (SSSR count). The summed E-state index contributed by atoms with van der Waals surface area (Å²) in [5.41, 5.74) is 0.733. The molecule has 0 aromatic heterocycles. The highest BCUT2D eigenvalue weighted by Gasteiger charge is 2.35. The molecule has 2 aliphatic heterocycles. The Balaban J connectivity index is 1.57. The predicted octanol–water partition coefficient (Wildman–Crippen LogP) is 2.19. The number of nitrogens with zero attached hydrogens (tertiary/aromatic N) is 1. The summed E-state index contributed by atoms with van der Waals surface area (Å²) in [6, 6.07) is 6.24. The first kappa shape index (κ1) is 19.7. The van der Waals surface area contributed by atoms with Gasteiger partial charge in [0.15, 0.2) is 9.84 Å². The minimum atomic E-state index is -3.26. The second-order valence-corrected chi connectivity index (χ2v) is 9.33. The molecule has 0 unspecified atom stereocenters. The predicted molar refractivity (Wildman–Crippen MR) is 104 cm³/mol. The largest absolute Gasteiger partial charge is 0.349 e. The van der Waals surface area contributed by atoms with Gasteiger partial charge in [0.25, 0.3) is 11.1 Å². The lowest BCUT2D eigenvalue weighted by Gasteiger charge is -2.14. The van der Waals surface area contributed by atoms with E-state index < -0.39 is 32.9 Å². The molecule has 27 heavy (non-hydrogen) atoms. The number of thioether (sulfide) groups is 1. The Morgan fingerprint density at radius 1 is 1.30 bits per heavy atom. The molecular weight excluding hydrogens is 412 g/mol. The number of sulfone groups is 1. The molecule has 0 spiro atoms. The van der Waals surface area contributed by atoms with E-state index in [2.05, 4.69) is 5.32 Å². The summed E-state index contributed by atoms with van der Waals surface area (Å²) in [6.07, 6.45) is 2.90. The zero-order valence-electron chi connectivity index (χ0n) is 13.9. The highest BCUT2D eigenvalue weighted by Crippen LogP contribution is 2.32. The molecule has 1 aromatic carbocycles. The van der Waals surface area contributed by atoms with E-state index in [-0.39, 0.29) is 23.6 Å². The van der Waals surface area contributed by atoms with Gasteiger partial charge in [-0.3, -0.25) is 19.3 Å².